The third kappa shape index (κ3) is 5.74. The maximum absolute atomic E-state index is 7.67. The zero-order chi connectivity index (χ0) is 43.0. The highest BCUT2D eigenvalue weighted by Gasteiger charge is 2.47. The Balaban J connectivity index is 1.26. The molecule has 0 unspecified atom stereocenters. The first-order chi connectivity index (χ1) is 29.6. The van der Waals surface area contributed by atoms with Crippen molar-refractivity contribution >= 4 is 90.2 Å². The zero-order valence-electron chi connectivity index (χ0n) is 37.7. The SMILES string of the molecule is Cc1cc2c3c(c1)N(c1ccc(C(C)(C)C)cc1)c1c(oc4c1ccc1c4c4ccccc4n1-c1ccccc1)B3c1cc(C(C)(C)C)ccc1N2c1ccc(C(C)(C)C)cc1. The minimum Gasteiger partial charge on any atom is -0.467 e. The number of aryl methyl sites for hydroxylation is 1. The predicted molar refractivity (Wildman–Crippen MR) is 265 cm³/mol. The molecule has 0 saturated heterocycles. The van der Waals surface area contributed by atoms with Gasteiger partial charge in [0.05, 0.1) is 27.8 Å². The van der Waals surface area contributed by atoms with E-state index in [0.717, 1.165) is 55.8 Å². The van der Waals surface area contributed by atoms with Crippen LogP contribution in [0.25, 0.3) is 38.5 Å². The van der Waals surface area contributed by atoms with Crippen LogP contribution in [0.15, 0.2) is 150 Å². The number of hydrogen-bond donors (Lipinski definition) is 0. The minimum absolute atomic E-state index is 0.0254. The number of benzene rings is 7. The molecule has 306 valence electrons. The smallest absolute Gasteiger partial charge is 0.297 e. The van der Waals surface area contributed by atoms with Crippen LogP contribution in [0.4, 0.5) is 34.1 Å². The number of aromatic nitrogens is 1. The molecule has 7 aromatic carbocycles. The van der Waals surface area contributed by atoms with Crippen molar-refractivity contribution in [2.24, 2.45) is 0 Å². The molecular formula is C57H54BN3O. The molecule has 4 heterocycles. The van der Waals surface area contributed by atoms with Crippen LogP contribution in [0.2, 0.25) is 0 Å². The molecule has 2 aliphatic rings. The quantitative estimate of drug-likeness (QED) is 0.166. The molecule has 0 fully saturated rings. The van der Waals surface area contributed by atoms with Gasteiger partial charge in [0.2, 0.25) is 0 Å². The molecule has 0 spiro atoms. The van der Waals surface area contributed by atoms with Crippen LogP contribution in [0.5, 0.6) is 0 Å². The van der Waals surface area contributed by atoms with Crippen LogP contribution in [-0.2, 0) is 16.2 Å². The molecule has 0 amide bonds. The van der Waals surface area contributed by atoms with Crippen molar-refractivity contribution < 1.29 is 4.42 Å². The maximum Gasteiger partial charge on any atom is 0.297 e. The summed E-state index contributed by atoms with van der Waals surface area (Å²) in [6.45, 7) is 22.8. The normalized spacial score (nSPS) is 13.9. The van der Waals surface area contributed by atoms with Crippen molar-refractivity contribution in [2.75, 3.05) is 9.80 Å². The van der Waals surface area contributed by atoms with Gasteiger partial charge in [-0.3, -0.25) is 0 Å². The number of anilines is 6. The van der Waals surface area contributed by atoms with E-state index in [1.54, 1.807) is 0 Å². The highest BCUT2D eigenvalue weighted by Crippen LogP contribution is 2.49. The average Bonchev–Trinajstić information content (AvgIpc) is 3.79. The Morgan fingerprint density at radius 2 is 1.03 bits per heavy atom. The Kier molecular flexibility index (Phi) is 8.23. The van der Waals surface area contributed by atoms with Gasteiger partial charge in [-0.15, -0.1) is 0 Å². The van der Waals surface area contributed by atoms with E-state index < -0.39 is 0 Å². The number of fused-ring (bicyclic) bond motifs is 10. The maximum atomic E-state index is 7.67. The second-order valence-corrected chi connectivity index (χ2v) is 20.8. The third-order valence-corrected chi connectivity index (χ3v) is 13.5. The number of rotatable bonds is 3. The first-order valence-corrected chi connectivity index (χ1v) is 22.2. The Morgan fingerprint density at radius 3 is 1.66 bits per heavy atom. The van der Waals surface area contributed by atoms with Crippen LogP contribution >= 0.6 is 0 Å². The van der Waals surface area contributed by atoms with Crippen molar-refractivity contribution in [1.29, 1.82) is 0 Å². The lowest BCUT2D eigenvalue weighted by Gasteiger charge is -2.43. The molecule has 2 aromatic heterocycles. The first kappa shape index (κ1) is 38.5. The summed E-state index contributed by atoms with van der Waals surface area (Å²) in [5, 5.41) is 3.44. The Bertz CT molecular complexity index is 3240. The molecule has 0 radical (unpaired) electrons. The standard InChI is InChI=1S/C57H54BN3O/c1-35-32-48-51-49(33-35)61(41-27-22-37(23-28-41)56(5,6)7)52-43-29-31-47-50(42-18-14-15-19-45(42)59(47)39-16-12-11-13-17-39)53(43)62-54(52)58(51)44-34-38(57(8,9)10)24-30-46(44)60(48)40-25-20-36(21-26-40)55(2,3)4/h11-34H,1-10H3. The van der Waals surface area contributed by atoms with E-state index in [-0.39, 0.29) is 23.0 Å². The fourth-order valence-electron chi connectivity index (χ4n) is 10.2. The Labute approximate surface area is 366 Å². The molecule has 11 rings (SSSR count). The van der Waals surface area contributed by atoms with E-state index in [1.165, 1.54) is 55.6 Å². The number of nitrogens with zero attached hydrogens (tertiary/aromatic N) is 3. The molecule has 5 heteroatoms. The summed E-state index contributed by atoms with van der Waals surface area (Å²) in [6.07, 6.45) is 0. The molecule has 0 N–H and O–H groups in total. The molecule has 62 heavy (non-hydrogen) atoms. The second kappa shape index (κ2) is 13.3. The van der Waals surface area contributed by atoms with Crippen molar-refractivity contribution in [3.05, 3.63) is 168 Å². The summed E-state index contributed by atoms with van der Waals surface area (Å²) in [5.41, 5.74) is 20.0. The Hall–Kier alpha value is -6.46. The molecule has 4 nitrogen and oxygen atoms in total. The average molecular weight is 808 g/mol. The predicted octanol–water partition coefficient (Wildman–Crippen LogP) is 13.8. The molecule has 0 atom stereocenters. The van der Waals surface area contributed by atoms with Gasteiger partial charge in [-0.05, 0) is 129 Å². The van der Waals surface area contributed by atoms with Crippen molar-refractivity contribution in [1.82, 2.24) is 4.57 Å². The van der Waals surface area contributed by atoms with Gasteiger partial charge < -0.3 is 18.8 Å². The van der Waals surface area contributed by atoms with Gasteiger partial charge in [0.15, 0.2) is 0 Å². The summed E-state index contributed by atoms with van der Waals surface area (Å²) in [7, 11) is 0. The van der Waals surface area contributed by atoms with Gasteiger partial charge in [0.1, 0.15) is 5.58 Å². The van der Waals surface area contributed by atoms with Gasteiger partial charge >= 0.3 is 0 Å². The third-order valence-electron chi connectivity index (χ3n) is 13.5. The minimum atomic E-state index is -0.145. The van der Waals surface area contributed by atoms with Gasteiger partial charge in [0.25, 0.3) is 6.71 Å². The van der Waals surface area contributed by atoms with E-state index in [2.05, 4.69) is 229 Å². The zero-order valence-corrected chi connectivity index (χ0v) is 37.7. The van der Waals surface area contributed by atoms with Gasteiger partial charge in [0, 0.05) is 44.9 Å². The van der Waals surface area contributed by atoms with Crippen LogP contribution in [0.1, 0.15) is 84.6 Å². The van der Waals surface area contributed by atoms with E-state index >= 15 is 0 Å². The molecular weight excluding hydrogens is 753 g/mol. The van der Waals surface area contributed by atoms with Crippen molar-refractivity contribution in [3.8, 4) is 5.69 Å². The monoisotopic (exact) mass is 807 g/mol. The van der Waals surface area contributed by atoms with Crippen LogP contribution in [0.3, 0.4) is 0 Å². The Morgan fingerprint density at radius 1 is 0.468 bits per heavy atom. The van der Waals surface area contributed by atoms with Crippen LogP contribution < -0.4 is 26.4 Å². The lowest BCUT2D eigenvalue weighted by atomic mass is 9.35. The molecule has 0 aliphatic carbocycles. The fourth-order valence-corrected chi connectivity index (χ4v) is 10.2. The molecule has 2 aliphatic heterocycles. The van der Waals surface area contributed by atoms with Gasteiger partial charge in [-0.25, -0.2) is 0 Å². The number of furan rings is 1. The van der Waals surface area contributed by atoms with Crippen molar-refractivity contribution in [3.63, 3.8) is 0 Å². The summed E-state index contributed by atoms with van der Waals surface area (Å²) < 4.78 is 10.1. The van der Waals surface area contributed by atoms with Crippen molar-refractivity contribution in [2.45, 2.75) is 85.5 Å². The highest BCUT2D eigenvalue weighted by molar-refractivity contribution is 7.00. The van der Waals surface area contributed by atoms with E-state index in [4.69, 9.17) is 4.42 Å². The summed E-state index contributed by atoms with van der Waals surface area (Å²) in [5.74, 6) is 0. The lowest BCUT2D eigenvalue weighted by Crippen LogP contribution is -2.61. The summed E-state index contributed by atoms with van der Waals surface area (Å²) in [4.78, 5) is 5.02. The molecule has 0 bridgehead atoms. The van der Waals surface area contributed by atoms with E-state index in [1.807, 2.05) is 0 Å². The van der Waals surface area contributed by atoms with Crippen LogP contribution in [0, 0.1) is 6.92 Å². The fraction of sp³-hybridized carbons (Fsp3) is 0.228. The molecule has 0 saturated carbocycles. The summed E-state index contributed by atoms with van der Waals surface area (Å²) in [6, 6.07) is 54.6. The number of para-hydroxylation sites is 2. The van der Waals surface area contributed by atoms with Gasteiger partial charge in [-0.2, -0.15) is 0 Å². The van der Waals surface area contributed by atoms with Crippen LogP contribution in [-0.4, -0.2) is 11.3 Å². The highest BCUT2D eigenvalue weighted by atomic mass is 16.3. The molecule has 9 aromatic rings. The summed E-state index contributed by atoms with van der Waals surface area (Å²) >= 11 is 0. The lowest BCUT2D eigenvalue weighted by molar-refractivity contribution is 0.590. The first-order valence-electron chi connectivity index (χ1n) is 22.2. The second-order valence-electron chi connectivity index (χ2n) is 20.8. The largest absolute Gasteiger partial charge is 0.467 e. The van der Waals surface area contributed by atoms with E-state index in [0.29, 0.717) is 0 Å². The van der Waals surface area contributed by atoms with E-state index in [9.17, 15) is 0 Å². The topological polar surface area (TPSA) is 24.6 Å². The number of hydrogen-bond acceptors (Lipinski definition) is 3. The van der Waals surface area contributed by atoms with Gasteiger partial charge in [-0.1, -0.05) is 135 Å².